The average Bonchev–Trinajstić information content (AvgIpc) is 3.32. The summed E-state index contributed by atoms with van der Waals surface area (Å²) in [5.41, 5.74) is 1.01. The van der Waals surface area contributed by atoms with E-state index in [2.05, 4.69) is 25.4 Å². The molecule has 0 atom stereocenters. The number of amides is 1. The third-order valence-corrected chi connectivity index (χ3v) is 4.71. The molecule has 2 N–H and O–H groups in total. The molecule has 10 heteroatoms. The Labute approximate surface area is 157 Å². The molecule has 138 valence electrons. The van der Waals surface area contributed by atoms with Crippen molar-refractivity contribution in [2.24, 2.45) is 0 Å². The zero-order valence-electron chi connectivity index (χ0n) is 14.6. The van der Waals surface area contributed by atoms with Crippen molar-refractivity contribution in [3.05, 3.63) is 56.9 Å². The number of aromatic nitrogens is 5. The molecule has 0 aliphatic rings. The van der Waals surface area contributed by atoms with Crippen molar-refractivity contribution in [1.82, 2.24) is 29.9 Å². The van der Waals surface area contributed by atoms with Gasteiger partial charge in [-0.15, -0.1) is 11.3 Å². The molecule has 0 bridgehead atoms. The summed E-state index contributed by atoms with van der Waals surface area (Å²) in [6, 6.07) is 5.14. The fourth-order valence-electron chi connectivity index (χ4n) is 2.58. The minimum Gasteiger partial charge on any atom is -0.459 e. The van der Waals surface area contributed by atoms with Crippen LogP contribution in [0.2, 0.25) is 0 Å². The Kier molecular flexibility index (Phi) is 4.32. The van der Waals surface area contributed by atoms with Crippen molar-refractivity contribution in [3.8, 4) is 10.8 Å². The Balaban J connectivity index is 1.39. The monoisotopic (exact) mass is 384 g/mol. The summed E-state index contributed by atoms with van der Waals surface area (Å²) in [5.74, 6) is 2.04. The topological polar surface area (TPSA) is 118 Å². The molecule has 0 aromatic carbocycles. The van der Waals surface area contributed by atoms with Crippen LogP contribution in [0.5, 0.6) is 0 Å². The van der Waals surface area contributed by atoms with E-state index in [1.54, 1.807) is 6.92 Å². The van der Waals surface area contributed by atoms with E-state index in [-0.39, 0.29) is 30.2 Å². The first-order chi connectivity index (χ1) is 13.0. The number of nitrogens with one attached hydrogen (secondary N) is 2. The lowest BCUT2D eigenvalue weighted by molar-refractivity contribution is -0.120. The number of carbonyl (C=O) groups is 1. The van der Waals surface area contributed by atoms with Crippen LogP contribution in [0.1, 0.15) is 23.0 Å². The van der Waals surface area contributed by atoms with Crippen LogP contribution in [0.15, 0.2) is 32.8 Å². The third-order valence-electron chi connectivity index (χ3n) is 3.80. The smallest absolute Gasteiger partial charge is 0.274 e. The van der Waals surface area contributed by atoms with Gasteiger partial charge in [-0.2, -0.15) is 9.50 Å². The average molecular weight is 384 g/mol. The maximum absolute atomic E-state index is 12.2. The molecule has 0 spiro atoms. The van der Waals surface area contributed by atoms with Crippen LogP contribution in [0.3, 0.4) is 0 Å². The molecule has 1 amide bonds. The molecule has 0 aliphatic heterocycles. The Morgan fingerprint density at radius 3 is 2.93 bits per heavy atom. The van der Waals surface area contributed by atoms with Crippen LogP contribution in [-0.2, 0) is 17.8 Å². The van der Waals surface area contributed by atoms with E-state index < -0.39 is 0 Å². The molecule has 4 rings (SSSR count). The molecule has 4 aromatic heterocycles. The molecule has 0 saturated heterocycles. The van der Waals surface area contributed by atoms with Gasteiger partial charge >= 0.3 is 0 Å². The van der Waals surface area contributed by atoms with Crippen LogP contribution in [-0.4, -0.2) is 30.5 Å². The quantitative estimate of drug-likeness (QED) is 0.540. The van der Waals surface area contributed by atoms with Crippen LogP contribution in [0, 0.1) is 13.8 Å². The molecule has 4 aromatic rings. The Morgan fingerprint density at radius 2 is 2.15 bits per heavy atom. The highest BCUT2D eigenvalue weighted by atomic mass is 32.1. The summed E-state index contributed by atoms with van der Waals surface area (Å²) in [7, 11) is 0. The number of hydrogen-bond donors (Lipinski definition) is 2. The van der Waals surface area contributed by atoms with E-state index in [1.807, 2.05) is 24.4 Å². The van der Waals surface area contributed by atoms with Gasteiger partial charge in [0, 0.05) is 17.1 Å². The van der Waals surface area contributed by atoms with Gasteiger partial charge < -0.3 is 9.73 Å². The molecule has 0 saturated carbocycles. The lowest BCUT2D eigenvalue weighted by Gasteiger charge is -2.00. The summed E-state index contributed by atoms with van der Waals surface area (Å²) < 4.78 is 6.78. The zero-order valence-corrected chi connectivity index (χ0v) is 15.5. The number of aromatic amines is 1. The molecular formula is C17H16N6O3S. The van der Waals surface area contributed by atoms with E-state index in [1.165, 1.54) is 21.9 Å². The second-order valence-electron chi connectivity index (χ2n) is 6.05. The number of carbonyl (C=O) groups excluding carboxylic acids is 1. The number of nitrogens with zero attached hydrogens (tertiary/aromatic N) is 4. The largest absolute Gasteiger partial charge is 0.459 e. The molecule has 27 heavy (non-hydrogen) atoms. The van der Waals surface area contributed by atoms with Crippen LogP contribution in [0.25, 0.3) is 16.5 Å². The molecular weight excluding hydrogens is 368 g/mol. The van der Waals surface area contributed by atoms with E-state index in [0.29, 0.717) is 23.0 Å². The van der Waals surface area contributed by atoms with Gasteiger partial charge in [0.25, 0.3) is 11.3 Å². The molecule has 0 radical (unpaired) electrons. The zero-order chi connectivity index (χ0) is 19.0. The predicted molar refractivity (Wildman–Crippen MR) is 98.4 cm³/mol. The lowest BCUT2D eigenvalue weighted by atomic mass is 10.3. The van der Waals surface area contributed by atoms with Crippen molar-refractivity contribution in [3.63, 3.8) is 0 Å². The van der Waals surface area contributed by atoms with Gasteiger partial charge in [0.15, 0.2) is 10.8 Å². The number of hydrogen-bond acceptors (Lipinski definition) is 7. The highest BCUT2D eigenvalue weighted by molar-refractivity contribution is 7.13. The fraction of sp³-hybridized carbons (Fsp3) is 0.235. The SMILES string of the molecule is Cc1cc(=O)n2[nH]c(CNC(=O)Cc3csc(-c4ccc(C)o4)n3)nc2n1. The van der Waals surface area contributed by atoms with Crippen LogP contribution < -0.4 is 10.9 Å². The van der Waals surface area contributed by atoms with Gasteiger partial charge in [0.05, 0.1) is 18.7 Å². The third kappa shape index (κ3) is 3.65. The fourth-order valence-corrected chi connectivity index (χ4v) is 3.36. The van der Waals surface area contributed by atoms with E-state index in [0.717, 1.165) is 10.8 Å². The summed E-state index contributed by atoms with van der Waals surface area (Å²) >= 11 is 1.43. The van der Waals surface area contributed by atoms with Crippen molar-refractivity contribution >= 4 is 23.0 Å². The van der Waals surface area contributed by atoms with Gasteiger partial charge in [0.2, 0.25) is 5.91 Å². The molecule has 0 unspecified atom stereocenters. The molecule has 9 nitrogen and oxygen atoms in total. The van der Waals surface area contributed by atoms with E-state index in [4.69, 9.17) is 4.42 Å². The Bertz CT molecular complexity index is 1180. The number of H-pyrrole nitrogens is 1. The van der Waals surface area contributed by atoms with Crippen molar-refractivity contribution in [1.29, 1.82) is 0 Å². The minimum atomic E-state index is -0.245. The van der Waals surface area contributed by atoms with Gasteiger partial charge in [-0.3, -0.25) is 14.7 Å². The first-order valence-corrected chi connectivity index (χ1v) is 9.09. The normalized spacial score (nSPS) is 11.2. The summed E-state index contributed by atoms with van der Waals surface area (Å²) in [5, 5.41) is 8.16. The first-order valence-electron chi connectivity index (χ1n) is 8.21. The summed E-state index contributed by atoms with van der Waals surface area (Å²) in [4.78, 5) is 36.9. The number of thiazole rings is 1. The molecule has 0 aliphatic carbocycles. The van der Waals surface area contributed by atoms with Crippen molar-refractivity contribution < 1.29 is 9.21 Å². The van der Waals surface area contributed by atoms with Gasteiger partial charge in [0.1, 0.15) is 11.6 Å². The Hall–Kier alpha value is -3.27. The minimum absolute atomic E-state index is 0.147. The van der Waals surface area contributed by atoms with Crippen molar-refractivity contribution in [2.45, 2.75) is 26.8 Å². The first kappa shape index (κ1) is 17.2. The maximum atomic E-state index is 12.2. The van der Waals surface area contributed by atoms with Crippen LogP contribution >= 0.6 is 11.3 Å². The number of fused-ring (bicyclic) bond motifs is 1. The predicted octanol–water partition coefficient (Wildman–Crippen LogP) is 1.61. The van der Waals surface area contributed by atoms with Gasteiger partial charge in [-0.05, 0) is 26.0 Å². The highest BCUT2D eigenvalue weighted by Crippen LogP contribution is 2.25. The summed E-state index contributed by atoms with van der Waals surface area (Å²) in [6.45, 7) is 3.76. The van der Waals surface area contributed by atoms with E-state index in [9.17, 15) is 9.59 Å². The van der Waals surface area contributed by atoms with Gasteiger partial charge in [-0.25, -0.2) is 9.97 Å². The highest BCUT2D eigenvalue weighted by Gasteiger charge is 2.12. The second kappa shape index (κ2) is 6.80. The number of aryl methyl sites for hydroxylation is 2. The summed E-state index contributed by atoms with van der Waals surface area (Å²) in [6.07, 6.45) is 0.147. The van der Waals surface area contributed by atoms with Crippen LogP contribution in [0.4, 0.5) is 0 Å². The molecule has 0 fully saturated rings. The van der Waals surface area contributed by atoms with Crippen molar-refractivity contribution in [2.75, 3.05) is 0 Å². The standard InChI is InChI=1S/C17H16N6O3S/c1-9-5-15(25)23-17(19-9)21-13(22-23)7-18-14(24)6-11-8-27-16(20-11)12-4-3-10(2)26-12/h3-5,8H,6-7H2,1-2H3,(H,18,24)(H,19,21,22). The molecule has 4 heterocycles. The van der Waals surface area contributed by atoms with Gasteiger partial charge in [-0.1, -0.05) is 0 Å². The second-order valence-corrected chi connectivity index (χ2v) is 6.91. The van der Waals surface area contributed by atoms with E-state index >= 15 is 0 Å². The number of rotatable bonds is 5. The maximum Gasteiger partial charge on any atom is 0.274 e. The number of furan rings is 1. The Morgan fingerprint density at radius 1 is 1.30 bits per heavy atom. The lowest BCUT2D eigenvalue weighted by Crippen LogP contribution is -2.25.